The van der Waals surface area contributed by atoms with Crippen LogP contribution in [0.4, 0.5) is 0 Å². The Morgan fingerprint density at radius 3 is 2.59 bits per heavy atom. The molecule has 0 aliphatic carbocycles. The van der Waals surface area contributed by atoms with Gasteiger partial charge in [0.05, 0.1) is 12.0 Å². The molecule has 17 heavy (non-hydrogen) atoms. The van der Waals surface area contributed by atoms with E-state index < -0.39 is 0 Å². The first-order chi connectivity index (χ1) is 8.20. The van der Waals surface area contributed by atoms with Crippen molar-refractivity contribution in [2.75, 3.05) is 13.1 Å². The van der Waals surface area contributed by atoms with E-state index in [1.165, 1.54) is 6.42 Å². The zero-order valence-electron chi connectivity index (χ0n) is 10.6. The van der Waals surface area contributed by atoms with Crippen molar-refractivity contribution in [3.8, 4) is 6.07 Å². The second-order valence-corrected chi connectivity index (χ2v) is 5.24. The van der Waals surface area contributed by atoms with Crippen LogP contribution in [0.15, 0.2) is 30.3 Å². The van der Waals surface area contributed by atoms with Crippen molar-refractivity contribution in [1.82, 2.24) is 4.90 Å². The maximum absolute atomic E-state index is 9.32. The van der Waals surface area contributed by atoms with Gasteiger partial charge in [0.1, 0.15) is 0 Å². The largest absolute Gasteiger partial charge is 0.299 e. The molecule has 0 amide bonds. The molecule has 1 aromatic carbocycles. The summed E-state index contributed by atoms with van der Waals surface area (Å²) in [6.45, 7) is 6.56. The summed E-state index contributed by atoms with van der Waals surface area (Å²) in [5.41, 5.74) is 1.14. The summed E-state index contributed by atoms with van der Waals surface area (Å²) in [5.74, 6) is 0.768. The van der Waals surface area contributed by atoms with Gasteiger partial charge in [-0.05, 0) is 24.8 Å². The molecular formula is C15H20N2. The molecule has 0 N–H and O–H groups in total. The molecule has 1 fully saturated rings. The molecule has 2 rings (SSSR count). The molecule has 0 spiro atoms. The quantitative estimate of drug-likeness (QED) is 0.795. The molecule has 1 aromatic rings. The standard InChI is InChI=1S/C15H20N2/c1-12-8-13(2)17(10-12)11-15(9-16)14-6-4-3-5-7-14/h3-7,12-13,15H,8,10-11H2,1-2H3. The summed E-state index contributed by atoms with van der Waals surface area (Å²) < 4.78 is 0. The molecule has 3 atom stereocenters. The highest BCUT2D eigenvalue weighted by Gasteiger charge is 2.28. The lowest BCUT2D eigenvalue weighted by Crippen LogP contribution is -2.31. The van der Waals surface area contributed by atoms with Crippen molar-refractivity contribution in [2.24, 2.45) is 5.92 Å². The van der Waals surface area contributed by atoms with Gasteiger partial charge in [-0.2, -0.15) is 5.26 Å². The second kappa shape index (κ2) is 5.33. The van der Waals surface area contributed by atoms with E-state index in [-0.39, 0.29) is 5.92 Å². The topological polar surface area (TPSA) is 27.0 Å². The van der Waals surface area contributed by atoms with Crippen molar-refractivity contribution in [3.05, 3.63) is 35.9 Å². The molecule has 1 aliphatic rings. The molecule has 1 saturated heterocycles. The summed E-state index contributed by atoms with van der Waals surface area (Å²) in [7, 11) is 0. The summed E-state index contributed by atoms with van der Waals surface area (Å²) in [5, 5.41) is 9.32. The number of hydrogen-bond acceptors (Lipinski definition) is 2. The van der Waals surface area contributed by atoms with Crippen LogP contribution in [0.1, 0.15) is 31.7 Å². The Balaban J connectivity index is 2.04. The molecule has 90 valence electrons. The fourth-order valence-electron chi connectivity index (χ4n) is 2.78. The Morgan fingerprint density at radius 1 is 1.35 bits per heavy atom. The van der Waals surface area contributed by atoms with Gasteiger partial charge in [-0.1, -0.05) is 37.3 Å². The van der Waals surface area contributed by atoms with E-state index in [9.17, 15) is 5.26 Å². The predicted octanol–water partition coefficient (Wildman–Crippen LogP) is 3.02. The van der Waals surface area contributed by atoms with E-state index in [1.54, 1.807) is 0 Å². The molecule has 2 heteroatoms. The Bertz CT molecular complexity index is 393. The van der Waals surface area contributed by atoms with E-state index in [0.29, 0.717) is 6.04 Å². The minimum absolute atomic E-state index is 0.00366. The fraction of sp³-hybridized carbons (Fsp3) is 0.533. The zero-order valence-corrected chi connectivity index (χ0v) is 10.6. The molecule has 2 nitrogen and oxygen atoms in total. The van der Waals surface area contributed by atoms with Crippen LogP contribution >= 0.6 is 0 Å². The maximum atomic E-state index is 9.32. The molecule has 0 aromatic heterocycles. The van der Waals surface area contributed by atoms with Gasteiger partial charge < -0.3 is 0 Å². The average Bonchev–Trinajstić information content (AvgIpc) is 2.66. The van der Waals surface area contributed by atoms with Gasteiger partial charge in [0.15, 0.2) is 0 Å². The van der Waals surface area contributed by atoms with Crippen molar-refractivity contribution >= 4 is 0 Å². The smallest absolute Gasteiger partial charge is 0.0839 e. The van der Waals surface area contributed by atoms with Gasteiger partial charge in [0.25, 0.3) is 0 Å². The maximum Gasteiger partial charge on any atom is 0.0839 e. The zero-order chi connectivity index (χ0) is 12.3. The van der Waals surface area contributed by atoms with E-state index in [1.807, 2.05) is 18.2 Å². The van der Waals surface area contributed by atoms with Gasteiger partial charge >= 0.3 is 0 Å². The minimum Gasteiger partial charge on any atom is -0.299 e. The number of hydrogen-bond donors (Lipinski definition) is 0. The average molecular weight is 228 g/mol. The monoisotopic (exact) mass is 228 g/mol. The van der Waals surface area contributed by atoms with Crippen LogP contribution in [0.2, 0.25) is 0 Å². The normalized spacial score (nSPS) is 26.6. The number of nitrogens with zero attached hydrogens (tertiary/aromatic N) is 2. The van der Waals surface area contributed by atoms with Crippen LogP contribution in [0.5, 0.6) is 0 Å². The number of rotatable bonds is 3. The second-order valence-electron chi connectivity index (χ2n) is 5.24. The van der Waals surface area contributed by atoms with Gasteiger partial charge in [-0.15, -0.1) is 0 Å². The van der Waals surface area contributed by atoms with Crippen LogP contribution in [-0.2, 0) is 0 Å². The molecule has 0 saturated carbocycles. The third-order valence-corrected chi connectivity index (χ3v) is 3.69. The molecular weight excluding hydrogens is 208 g/mol. The lowest BCUT2D eigenvalue weighted by molar-refractivity contribution is 0.260. The van der Waals surface area contributed by atoms with Gasteiger partial charge in [-0.3, -0.25) is 4.90 Å². The van der Waals surface area contributed by atoms with E-state index in [4.69, 9.17) is 0 Å². The Hall–Kier alpha value is -1.33. The highest BCUT2D eigenvalue weighted by molar-refractivity contribution is 5.25. The first-order valence-corrected chi connectivity index (χ1v) is 6.39. The lowest BCUT2D eigenvalue weighted by atomic mass is 10.00. The fourth-order valence-corrected chi connectivity index (χ4v) is 2.78. The van der Waals surface area contributed by atoms with Crippen molar-refractivity contribution in [1.29, 1.82) is 5.26 Å². The van der Waals surface area contributed by atoms with Crippen molar-refractivity contribution in [3.63, 3.8) is 0 Å². The van der Waals surface area contributed by atoms with Gasteiger partial charge in [0.2, 0.25) is 0 Å². The summed E-state index contributed by atoms with van der Waals surface area (Å²) >= 11 is 0. The Labute approximate surface area is 104 Å². The summed E-state index contributed by atoms with van der Waals surface area (Å²) in [6, 6.07) is 13.2. The van der Waals surface area contributed by atoms with Gasteiger partial charge in [0, 0.05) is 19.1 Å². The molecule has 0 radical (unpaired) electrons. The van der Waals surface area contributed by atoms with Gasteiger partial charge in [-0.25, -0.2) is 0 Å². The minimum atomic E-state index is 0.00366. The highest BCUT2D eigenvalue weighted by atomic mass is 15.2. The predicted molar refractivity (Wildman–Crippen MR) is 69.6 cm³/mol. The molecule has 0 bridgehead atoms. The third-order valence-electron chi connectivity index (χ3n) is 3.69. The molecule has 3 unspecified atom stereocenters. The first kappa shape index (κ1) is 12.1. The molecule has 1 heterocycles. The summed E-state index contributed by atoms with van der Waals surface area (Å²) in [6.07, 6.45) is 1.26. The lowest BCUT2D eigenvalue weighted by Gasteiger charge is -2.23. The Morgan fingerprint density at radius 2 is 2.06 bits per heavy atom. The van der Waals surface area contributed by atoms with Crippen LogP contribution in [-0.4, -0.2) is 24.0 Å². The van der Waals surface area contributed by atoms with E-state index in [0.717, 1.165) is 24.6 Å². The van der Waals surface area contributed by atoms with Crippen molar-refractivity contribution in [2.45, 2.75) is 32.2 Å². The van der Waals surface area contributed by atoms with Crippen LogP contribution < -0.4 is 0 Å². The number of likely N-dealkylation sites (tertiary alicyclic amines) is 1. The van der Waals surface area contributed by atoms with E-state index >= 15 is 0 Å². The van der Waals surface area contributed by atoms with E-state index in [2.05, 4.69) is 36.9 Å². The third kappa shape index (κ3) is 2.87. The number of nitriles is 1. The van der Waals surface area contributed by atoms with Crippen LogP contribution in [0.25, 0.3) is 0 Å². The SMILES string of the molecule is CC1CC(C)N(CC(C#N)c2ccccc2)C1. The Kier molecular flexibility index (Phi) is 3.81. The molecule has 1 aliphatic heterocycles. The summed E-state index contributed by atoms with van der Waals surface area (Å²) in [4.78, 5) is 2.45. The highest BCUT2D eigenvalue weighted by Crippen LogP contribution is 2.25. The van der Waals surface area contributed by atoms with Crippen molar-refractivity contribution < 1.29 is 0 Å². The van der Waals surface area contributed by atoms with Crippen LogP contribution in [0, 0.1) is 17.2 Å². The number of benzene rings is 1. The first-order valence-electron chi connectivity index (χ1n) is 6.39. The van der Waals surface area contributed by atoms with Crippen LogP contribution in [0.3, 0.4) is 0 Å².